The summed E-state index contributed by atoms with van der Waals surface area (Å²) < 4.78 is 11.3. The monoisotopic (exact) mass is 471 g/mol. The van der Waals surface area contributed by atoms with E-state index < -0.39 is 23.5 Å². The van der Waals surface area contributed by atoms with Crippen LogP contribution in [-0.4, -0.2) is 47.5 Å². The van der Waals surface area contributed by atoms with Gasteiger partial charge < -0.3 is 14.8 Å². The van der Waals surface area contributed by atoms with Gasteiger partial charge in [0.2, 0.25) is 5.91 Å². The van der Waals surface area contributed by atoms with E-state index in [0.717, 1.165) is 11.3 Å². The molecule has 0 fully saturated rings. The Morgan fingerprint density at radius 2 is 2.00 bits per heavy atom. The van der Waals surface area contributed by atoms with Crippen molar-refractivity contribution in [2.75, 3.05) is 25.6 Å². The quantitative estimate of drug-likeness (QED) is 0.289. The molecule has 0 saturated carbocycles. The molecule has 1 aromatic carbocycles. The van der Waals surface area contributed by atoms with Gasteiger partial charge in [-0.05, 0) is 38.0 Å². The Morgan fingerprint density at radius 1 is 1.24 bits per heavy atom. The Balaban J connectivity index is 1.92. The van der Waals surface area contributed by atoms with Crippen LogP contribution in [0.15, 0.2) is 35.4 Å². The molecule has 174 valence electrons. The molecule has 9 nitrogen and oxygen atoms in total. The summed E-state index contributed by atoms with van der Waals surface area (Å²) in [7, 11) is 1.51. The number of aryl methyl sites for hydroxylation is 1. The van der Waals surface area contributed by atoms with Crippen LogP contribution in [0.25, 0.3) is 10.2 Å². The molecular weight excluding hydrogens is 446 g/mol. The van der Waals surface area contributed by atoms with Crippen LogP contribution in [0.3, 0.4) is 0 Å². The molecule has 0 aliphatic carbocycles. The predicted molar refractivity (Wildman–Crippen MR) is 125 cm³/mol. The number of hydrogen-bond donors (Lipinski definition) is 1. The van der Waals surface area contributed by atoms with Gasteiger partial charge in [0.15, 0.2) is 5.78 Å². The Labute approximate surface area is 194 Å². The van der Waals surface area contributed by atoms with Gasteiger partial charge in [-0.25, -0.2) is 9.78 Å². The number of thiophene rings is 1. The first-order chi connectivity index (χ1) is 15.8. The summed E-state index contributed by atoms with van der Waals surface area (Å²) in [5.74, 6) is -1.07. The Bertz CT molecular complexity index is 1260. The van der Waals surface area contributed by atoms with Crippen molar-refractivity contribution >= 4 is 44.9 Å². The first kappa shape index (κ1) is 24.3. The number of esters is 1. The second-order valence-electron chi connectivity index (χ2n) is 7.37. The standard InChI is InChI=1S/C23H25N3O6S/c1-5-17(20(28)25-16-8-6-7-15(11-16)14(3)27)26-12-24-21-18(22(26)29)13(2)19(33-21)23(30)32-10-9-31-4/h6-8,11-12,17H,5,9-10H2,1-4H3,(H,25,28). The molecule has 0 radical (unpaired) electrons. The second kappa shape index (κ2) is 10.5. The number of rotatable bonds is 9. The summed E-state index contributed by atoms with van der Waals surface area (Å²) in [5, 5.41) is 3.05. The third kappa shape index (κ3) is 5.18. The zero-order valence-corrected chi connectivity index (χ0v) is 19.7. The van der Waals surface area contributed by atoms with Crippen molar-refractivity contribution < 1.29 is 23.9 Å². The van der Waals surface area contributed by atoms with E-state index in [1.807, 2.05) is 0 Å². The van der Waals surface area contributed by atoms with Crippen LogP contribution in [0, 0.1) is 6.92 Å². The van der Waals surface area contributed by atoms with Gasteiger partial charge >= 0.3 is 5.97 Å². The molecule has 1 amide bonds. The maximum absolute atomic E-state index is 13.3. The highest BCUT2D eigenvalue weighted by Crippen LogP contribution is 2.28. The minimum Gasteiger partial charge on any atom is -0.459 e. The summed E-state index contributed by atoms with van der Waals surface area (Å²) in [5.41, 5.74) is 0.985. The highest BCUT2D eigenvalue weighted by Gasteiger charge is 2.25. The van der Waals surface area contributed by atoms with Crippen molar-refractivity contribution in [1.82, 2.24) is 9.55 Å². The van der Waals surface area contributed by atoms with Gasteiger partial charge in [-0.15, -0.1) is 11.3 Å². The van der Waals surface area contributed by atoms with Gasteiger partial charge in [-0.3, -0.25) is 19.0 Å². The number of anilines is 1. The van der Waals surface area contributed by atoms with Crippen molar-refractivity contribution in [3.05, 3.63) is 57.0 Å². The third-order valence-electron chi connectivity index (χ3n) is 5.14. The average molecular weight is 472 g/mol. The zero-order valence-electron chi connectivity index (χ0n) is 18.8. The number of methoxy groups -OCH3 is 1. The van der Waals surface area contributed by atoms with Crippen LogP contribution >= 0.6 is 11.3 Å². The highest BCUT2D eigenvalue weighted by atomic mass is 32.1. The number of amides is 1. The van der Waals surface area contributed by atoms with Gasteiger partial charge in [0.05, 0.1) is 18.3 Å². The summed E-state index contributed by atoms with van der Waals surface area (Å²) in [6.45, 7) is 5.26. The molecule has 3 aromatic rings. The minimum atomic E-state index is -0.827. The molecule has 0 spiro atoms. The Morgan fingerprint density at radius 3 is 2.67 bits per heavy atom. The number of fused-ring (bicyclic) bond motifs is 1. The maximum atomic E-state index is 13.3. The minimum absolute atomic E-state index is 0.101. The molecule has 1 atom stereocenters. The molecule has 1 N–H and O–H groups in total. The fourth-order valence-corrected chi connectivity index (χ4v) is 4.42. The second-order valence-corrected chi connectivity index (χ2v) is 8.37. The first-order valence-electron chi connectivity index (χ1n) is 10.4. The van der Waals surface area contributed by atoms with E-state index in [1.165, 1.54) is 24.9 Å². The van der Waals surface area contributed by atoms with Crippen LogP contribution in [-0.2, 0) is 14.3 Å². The lowest BCUT2D eigenvalue weighted by Crippen LogP contribution is -2.33. The molecule has 2 heterocycles. The van der Waals surface area contributed by atoms with E-state index in [1.54, 1.807) is 38.1 Å². The topological polar surface area (TPSA) is 117 Å². The molecule has 33 heavy (non-hydrogen) atoms. The van der Waals surface area contributed by atoms with Crippen molar-refractivity contribution in [2.45, 2.75) is 33.2 Å². The van der Waals surface area contributed by atoms with E-state index in [4.69, 9.17) is 9.47 Å². The Kier molecular flexibility index (Phi) is 7.72. The summed E-state index contributed by atoms with van der Waals surface area (Å²) in [6.07, 6.45) is 1.65. The van der Waals surface area contributed by atoms with E-state index in [0.29, 0.717) is 32.9 Å². The van der Waals surface area contributed by atoms with Gasteiger partial charge in [-0.2, -0.15) is 0 Å². The zero-order chi connectivity index (χ0) is 24.1. The van der Waals surface area contributed by atoms with E-state index >= 15 is 0 Å². The Hall–Kier alpha value is -3.37. The molecule has 0 bridgehead atoms. The number of nitrogens with zero attached hydrogens (tertiary/aromatic N) is 2. The van der Waals surface area contributed by atoms with E-state index in [9.17, 15) is 19.2 Å². The fourth-order valence-electron chi connectivity index (χ4n) is 3.39. The van der Waals surface area contributed by atoms with Crippen LogP contribution < -0.4 is 10.9 Å². The molecular formula is C23H25N3O6S. The number of ketones is 1. The molecule has 0 aliphatic rings. The smallest absolute Gasteiger partial charge is 0.348 e. The van der Waals surface area contributed by atoms with E-state index in [2.05, 4.69) is 10.3 Å². The van der Waals surface area contributed by atoms with E-state index in [-0.39, 0.29) is 24.4 Å². The number of benzene rings is 1. The van der Waals surface area contributed by atoms with Gasteiger partial charge in [0.1, 0.15) is 22.4 Å². The lowest BCUT2D eigenvalue weighted by Gasteiger charge is -2.18. The highest BCUT2D eigenvalue weighted by molar-refractivity contribution is 7.20. The van der Waals surface area contributed by atoms with Crippen LogP contribution in [0.1, 0.15) is 51.9 Å². The van der Waals surface area contributed by atoms with Crippen LogP contribution in [0.4, 0.5) is 5.69 Å². The summed E-state index contributed by atoms with van der Waals surface area (Å²) >= 11 is 1.08. The largest absolute Gasteiger partial charge is 0.459 e. The number of Topliss-reactive ketones (excluding diaryl/α,β-unsaturated/α-hetero) is 1. The first-order valence-corrected chi connectivity index (χ1v) is 11.2. The number of carbonyl (C=O) groups is 3. The molecule has 3 rings (SSSR count). The lowest BCUT2D eigenvalue weighted by molar-refractivity contribution is -0.119. The SMILES string of the molecule is CCC(C(=O)Nc1cccc(C(C)=O)c1)n1cnc2sc(C(=O)OCCOC)c(C)c2c1=O. The number of carbonyl (C=O) groups excluding carboxylic acids is 3. The van der Waals surface area contributed by atoms with Crippen molar-refractivity contribution in [2.24, 2.45) is 0 Å². The molecule has 2 aromatic heterocycles. The molecule has 0 aliphatic heterocycles. The number of aromatic nitrogens is 2. The van der Waals surface area contributed by atoms with Gasteiger partial charge in [-0.1, -0.05) is 19.1 Å². The van der Waals surface area contributed by atoms with Gasteiger partial charge in [0.25, 0.3) is 5.56 Å². The lowest BCUT2D eigenvalue weighted by atomic mass is 10.1. The van der Waals surface area contributed by atoms with Crippen LogP contribution in [0.5, 0.6) is 0 Å². The third-order valence-corrected chi connectivity index (χ3v) is 6.32. The predicted octanol–water partition coefficient (Wildman–Crippen LogP) is 3.36. The van der Waals surface area contributed by atoms with Crippen molar-refractivity contribution in [1.29, 1.82) is 0 Å². The number of ether oxygens (including phenoxy) is 2. The summed E-state index contributed by atoms with van der Waals surface area (Å²) in [6, 6.07) is 5.77. The number of nitrogens with one attached hydrogen (secondary N) is 1. The summed E-state index contributed by atoms with van der Waals surface area (Å²) in [4.78, 5) is 55.3. The van der Waals surface area contributed by atoms with Crippen molar-refractivity contribution in [3.8, 4) is 0 Å². The molecule has 1 unspecified atom stereocenters. The van der Waals surface area contributed by atoms with Gasteiger partial charge in [0, 0.05) is 18.4 Å². The number of hydrogen-bond acceptors (Lipinski definition) is 8. The van der Waals surface area contributed by atoms with Crippen LogP contribution in [0.2, 0.25) is 0 Å². The molecule has 10 heteroatoms. The van der Waals surface area contributed by atoms with Crippen molar-refractivity contribution in [3.63, 3.8) is 0 Å². The average Bonchev–Trinajstić information content (AvgIpc) is 3.13. The normalized spacial score (nSPS) is 11.9. The maximum Gasteiger partial charge on any atom is 0.348 e. The molecule has 0 saturated heterocycles. The fraction of sp³-hybridized carbons (Fsp3) is 0.348.